The molecule has 0 unspecified atom stereocenters. The number of benzene rings is 2. The molecule has 0 N–H and O–H groups in total. The first-order valence-corrected chi connectivity index (χ1v) is 8.24. The van der Waals surface area contributed by atoms with Gasteiger partial charge in [0, 0.05) is 12.6 Å². The lowest BCUT2D eigenvalue weighted by atomic mass is 9.99. The first kappa shape index (κ1) is 18.7. The molecule has 0 radical (unpaired) electrons. The number of nitrogens with zero attached hydrogens (tertiary/aromatic N) is 1. The van der Waals surface area contributed by atoms with E-state index in [0.717, 1.165) is 34.6 Å². The Morgan fingerprint density at radius 2 is 1.80 bits per heavy atom. The van der Waals surface area contributed by atoms with Crippen LogP contribution in [0.15, 0.2) is 54.6 Å². The number of carbonyl (C=O) groups excluding carboxylic acids is 1. The van der Waals surface area contributed by atoms with Crippen molar-refractivity contribution in [3.8, 4) is 16.9 Å². The molecule has 0 fully saturated rings. The second-order valence-electron chi connectivity index (χ2n) is 6.11. The molecule has 2 aromatic rings. The molecule has 4 heteroatoms. The van der Waals surface area contributed by atoms with E-state index in [-0.39, 0.29) is 5.97 Å². The number of hydrogen-bond donors (Lipinski definition) is 0. The standard InChI is InChI=1S/C21H25NO3/c1-16(14-21(23)24-4)18-6-5-7-19(15-18)17-8-10-20(11-9-17)25-13-12-22(2)3/h5-11,14-15H,12-13H2,1-4H3/b16-14+. The summed E-state index contributed by atoms with van der Waals surface area (Å²) in [6, 6.07) is 16.1. The molecule has 0 saturated carbocycles. The fourth-order valence-electron chi connectivity index (χ4n) is 2.35. The van der Waals surface area contributed by atoms with Crippen LogP contribution in [0.25, 0.3) is 16.7 Å². The van der Waals surface area contributed by atoms with Gasteiger partial charge in [0.25, 0.3) is 0 Å². The van der Waals surface area contributed by atoms with Gasteiger partial charge in [-0.2, -0.15) is 0 Å². The molecule has 132 valence electrons. The van der Waals surface area contributed by atoms with Crippen molar-refractivity contribution in [1.29, 1.82) is 0 Å². The highest BCUT2D eigenvalue weighted by Gasteiger charge is 2.04. The van der Waals surface area contributed by atoms with Gasteiger partial charge in [0.2, 0.25) is 0 Å². The van der Waals surface area contributed by atoms with Crippen LogP contribution in [0.1, 0.15) is 12.5 Å². The summed E-state index contributed by atoms with van der Waals surface area (Å²) in [5.41, 5.74) is 4.06. The topological polar surface area (TPSA) is 38.8 Å². The Labute approximate surface area is 149 Å². The Balaban J connectivity index is 2.12. The lowest BCUT2D eigenvalue weighted by Gasteiger charge is -2.11. The second kappa shape index (κ2) is 9.04. The molecule has 0 aliphatic heterocycles. The maximum atomic E-state index is 11.4. The van der Waals surface area contributed by atoms with Gasteiger partial charge in [-0.3, -0.25) is 0 Å². The molecule has 2 rings (SSSR count). The average molecular weight is 339 g/mol. The van der Waals surface area contributed by atoms with E-state index in [2.05, 4.69) is 21.8 Å². The van der Waals surface area contributed by atoms with Gasteiger partial charge in [-0.05, 0) is 61.5 Å². The zero-order valence-corrected chi connectivity index (χ0v) is 15.3. The molecule has 0 amide bonds. The van der Waals surface area contributed by atoms with Crippen molar-refractivity contribution >= 4 is 11.5 Å². The van der Waals surface area contributed by atoms with Crippen LogP contribution in [0.2, 0.25) is 0 Å². The van der Waals surface area contributed by atoms with E-state index in [4.69, 9.17) is 4.74 Å². The normalized spacial score (nSPS) is 11.5. The largest absolute Gasteiger partial charge is 0.492 e. The van der Waals surface area contributed by atoms with Crippen molar-refractivity contribution in [1.82, 2.24) is 4.90 Å². The molecule has 0 spiro atoms. The predicted molar refractivity (Wildman–Crippen MR) is 102 cm³/mol. The van der Waals surface area contributed by atoms with E-state index in [9.17, 15) is 4.79 Å². The number of hydrogen-bond acceptors (Lipinski definition) is 4. The zero-order valence-electron chi connectivity index (χ0n) is 15.3. The summed E-state index contributed by atoms with van der Waals surface area (Å²) >= 11 is 0. The van der Waals surface area contributed by atoms with Crippen molar-refractivity contribution < 1.29 is 14.3 Å². The average Bonchev–Trinajstić information content (AvgIpc) is 2.62. The minimum Gasteiger partial charge on any atom is -0.492 e. The fourth-order valence-corrected chi connectivity index (χ4v) is 2.35. The van der Waals surface area contributed by atoms with Gasteiger partial charge in [-0.25, -0.2) is 4.79 Å². The lowest BCUT2D eigenvalue weighted by Crippen LogP contribution is -2.19. The minimum absolute atomic E-state index is 0.345. The van der Waals surface area contributed by atoms with Crippen molar-refractivity contribution in [2.75, 3.05) is 34.4 Å². The monoisotopic (exact) mass is 339 g/mol. The van der Waals surface area contributed by atoms with Crippen molar-refractivity contribution in [3.05, 3.63) is 60.2 Å². The summed E-state index contributed by atoms with van der Waals surface area (Å²) in [6.07, 6.45) is 1.50. The molecular formula is C21H25NO3. The van der Waals surface area contributed by atoms with Crippen LogP contribution in [-0.2, 0) is 9.53 Å². The van der Waals surface area contributed by atoms with E-state index in [1.165, 1.54) is 13.2 Å². The van der Waals surface area contributed by atoms with Gasteiger partial charge in [-0.15, -0.1) is 0 Å². The van der Waals surface area contributed by atoms with Gasteiger partial charge in [-0.1, -0.05) is 30.3 Å². The smallest absolute Gasteiger partial charge is 0.330 e. The van der Waals surface area contributed by atoms with Crippen LogP contribution in [-0.4, -0.2) is 45.2 Å². The summed E-state index contributed by atoms with van der Waals surface area (Å²) in [5, 5.41) is 0. The number of methoxy groups -OCH3 is 1. The van der Waals surface area contributed by atoms with Crippen molar-refractivity contribution in [3.63, 3.8) is 0 Å². The lowest BCUT2D eigenvalue weighted by molar-refractivity contribution is -0.134. The number of ether oxygens (including phenoxy) is 2. The van der Waals surface area contributed by atoms with Crippen LogP contribution in [0.5, 0.6) is 5.75 Å². The Kier molecular flexibility index (Phi) is 6.78. The molecule has 2 aromatic carbocycles. The zero-order chi connectivity index (χ0) is 18.2. The Morgan fingerprint density at radius 3 is 2.44 bits per heavy atom. The predicted octanol–water partition coefficient (Wildman–Crippen LogP) is 3.87. The van der Waals surface area contributed by atoms with E-state index < -0.39 is 0 Å². The highest BCUT2D eigenvalue weighted by atomic mass is 16.5. The van der Waals surface area contributed by atoms with Gasteiger partial charge < -0.3 is 14.4 Å². The maximum absolute atomic E-state index is 11.4. The molecule has 0 aromatic heterocycles. The first-order chi connectivity index (χ1) is 12.0. The summed E-state index contributed by atoms with van der Waals surface area (Å²) in [7, 11) is 5.43. The van der Waals surface area contributed by atoms with Crippen molar-refractivity contribution in [2.24, 2.45) is 0 Å². The highest BCUT2D eigenvalue weighted by Crippen LogP contribution is 2.25. The molecule has 0 aliphatic carbocycles. The number of likely N-dealkylation sites (N-methyl/N-ethyl adjacent to an activating group) is 1. The Bertz CT molecular complexity index is 733. The van der Waals surface area contributed by atoms with E-state index in [1.54, 1.807) is 0 Å². The third-order valence-electron chi connectivity index (χ3n) is 3.85. The van der Waals surface area contributed by atoms with Gasteiger partial charge in [0.1, 0.15) is 12.4 Å². The molecule has 0 aliphatic rings. The third-order valence-corrected chi connectivity index (χ3v) is 3.85. The SMILES string of the molecule is COC(=O)/C=C(\C)c1cccc(-c2ccc(OCCN(C)C)cc2)c1. The number of carbonyl (C=O) groups is 1. The molecular weight excluding hydrogens is 314 g/mol. The number of rotatable bonds is 7. The molecule has 0 atom stereocenters. The van der Waals surface area contributed by atoms with Gasteiger partial charge in [0.15, 0.2) is 0 Å². The third kappa shape index (κ3) is 5.76. The highest BCUT2D eigenvalue weighted by molar-refractivity contribution is 5.91. The van der Waals surface area contributed by atoms with Gasteiger partial charge >= 0.3 is 5.97 Å². The maximum Gasteiger partial charge on any atom is 0.330 e. The second-order valence-corrected chi connectivity index (χ2v) is 6.11. The summed E-state index contributed by atoms with van der Waals surface area (Å²) in [4.78, 5) is 13.5. The molecule has 25 heavy (non-hydrogen) atoms. The van der Waals surface area contributed by atoms with Crippen molar-refractivity contribution in [2.45, 2.75) is 6.92 Å². The fraction of sp³-hybridized carbons (Fsp3) is 0.286. The first-order valence-electron chi connectivity index (χ1n) is 8.24. The van der Waals surface area contributed by atoms with Crippen LogP contribution in [0, 0.1) is 0 Å². The minimum atomic E-state index is -0.345. The molecule has 4 nitrogen and oxygen atoms in total. The number of allylic oxidation sites excluding steroid dienone is 1. The quantitative estimate of drug-likeness (QED) is 0.567. The van der Waals surface area contributed by atoms with Gasteiger partial charge in [0.05, 0.1) is 7.11 Å². The van der Waals surface area contributed by atoms with Crippen LogP contribution in [0.3, 0.4) is 0 Å². The van der Waals surface area contributed by atoms with Crippen LogP contribution < -0.4 is 4.74 Å². The van der Waals surface area contributed by atoms with E-state index >= 15 is 0 Å². The molecule has 0 heterocycles. The number of esters is 1. The van der Waals surface area contributed by atoms with E-state index in [0.29, 0.717) is 6.61 Å². The molecule has 0 bridgehead atoms. The summed E-state index contributed by atoms with van der Waals surface area (Å²) in [6.45, 7) is 3.45. The Hall–Kier alpha value is -2.59. The Morgan fingerprint density at radius 1 is 1.08 bits per heavy atom. The summed E-state index contributed by atoms with van der Waals surface area (Å²) in [5.74, 6) is 0.519. The van der Waals surface area contributed by atoms with Crippen LogP contribution >= 0.6 is 0 Å². The van der Waals surface area contributed by atoms with Crippen LogP contribution in [0.4, 0.5) is 0 Å². The molecule has 0 saturated heterocycles. The van der Waals surface area contributed by atoms with E-state index in [1.807, 2.05) is 57.4 Å². The summed E-state index contributed by atoms with van der Waals surface area (Å²) < 4.78 is 10.4.